The maximum atomic E-state index is 11.0. The van der Waals surface area contributed by atoms with Gasteiger partial charge in [0.15, 0.2) is 0 Å². The van der Waals surface area contributed by atoms with Crippen LogP contribution in [0, 0.1) is 0 Å². The van der Waals surface area contributed by atoms with Crippen LogP contribution in [0.25, 0.3) is 11.1 Å². The Morgan fingerprint density at radius 3 is 2.27 bits per heavy atom. The topological polar surface area (TPSA) is 67.5 Å². The summed E-state index contributed by atoms with van der Waals surface area (Å²) in [5.74, 6) is 0.693. The fraction of sp³-hybridized carbons (Fsp3) is 0.273. The largest absolute Gasteiger partial charge is 0.366 e. The Morgan fingerprint density at radius 1 is 1.08 bits per heavy atom. The van der Waals surface area contributed by atoms with Gasteiger partial charge in [-0.05, 0) is 37.0 Å². The minimum absolute atomic E-state index is 0.359. The second-order valence-corrected chi connectivity index (χ2v) is 6.36. The van der Waals surface area contributed by atoms with Crippen LogP contribution in [0.3, 0.4) is 0 Å². The smallest absolute Gasteiger partial charge is 0.245 e. The Morgan fingerprint density at radius 2 is 1.69 bits per heavy atom. The van der Waals surface area contributed by atoms with E-state index in [0.717, 1.165) is 12.3 Å². The first kappa shape index (κ1) is 19.4. The van der Waals surface area contributed by atoms with Gasteiger partial charge in [0, 0.05) is 24.2 Å². The van der Waals surface area contributed by atoms with E-state index in [9.17, 15) is 4.79 Å². The van der Waals surface area contributed by atoms with E-state index in [1.165, 1.54) is 16.7 Å². The van der Waals surface area contributed by atoms with E-state index in [4.69, 9.17) is 5.73 Å². The molecule has 0 saturated carbocycles. The van der Waals surface area contributed by atoms with Crippen LogP contribution in [0.2, 0.25) is 0 Å². The second-order valence-electron chi connectivity index (χ2n) is 6.36. The number of hydrogen-bond acceptors (Lipinski definition) is 2. The first-order valence-electron chi connectivity index (χ1n) is 8.90. The van der Waals surface area contributed by atoms with Crippen LogP contribution in [-0.2, 0) is 4.79 Å². The average molecular weight is 349 g/mol. The average Bonchev–Trinajstić information content (AvgIpc) is 2.67. The SMILES string of the molecule is CCC(CN=C(C)N/C=C(\C)C(N)=O)c1ccc(-c2ccccc2)cc1. The van der Waals surface area contributed by atoms with E-state index in [1.54, 1.807) is 13.1 Å². The molecule has 2 aromatic carbocycles. The lowest BCUT2D eigenvalue weighted by molar-refractivity contribution is -0.114. The normalized spacial score (nSPS) is 13.3. The van der Waals surface area contributed by atoms with Crippen molar-refractivity contribution < 1.29 is 4.79 Å². The molecule has 0 saturated heterocycles. The van der Waals surface area contributed by atoms with Crippen molar-refractivity contribution in [2.75, 3.05) is 6.54 Å². The summed E-state index contributed by atoms with van der Waals surface area (Å²) >= 11 is 0. The van der Waals surface area contributed by atoms with Crippen molar-refractivity contribution in [1.82, 2.24) is 5.32 Å². The van der Waals surface area contributed by atoms with Gasteiger partial charge in [0.2, 0.25) is 5.91 Å². The first-order valence-corrected chi connectivity index (χ1v) is 8.90. The van der Waals surface area contributed by atoms with Gasteiger partial charge in [0.05, 0.1) is 5.84 Å². The number of amidine groups is 1. The molecule has 0 heterocycles. The van der Waals surface area contributed by atoms with Crippen LogP contribution in [0.5, 0.6) is 0 Å². The molecule has 4 nitrogen and oxygen atoms in total. The molecule has 0 aliphatic carbocycles. The monoisotopic (exact) mass is 349 g/mol. The van der Waals surface area contributed by atoms with Crippen molar-refractivity contribution in [1.29, 1.82) is 0 Å². The Balaban J connectivity index is 2.03. The van der Waals surface area contributed by atoms with Crippen molar-refractivity contribution >= 4 is 11.7 Å². The molecular formula is C22H27N3O. The minimum atomic E-state index is -0.435. The molecule has 1 amide bonds. The van der Waals surface area contributed by atoms with Gasteiger partial charge in [-0.1, -0.05) is 61.5 Å². The summed E-state index contributed by atoms with van der Waals surface area (Å²) in [6.45, 7) is 6.43. The standard InChI is InChI=1S/C22H27N3O/c1-4-18(15-25-17(3)24-14-16(2)22(23)26)20-10-12-21(13-11-20)19-8-6-5-7-9-19/h5-14,18H,4,15H2,1-3H3,(H2,23,26)(H,24,25)/b16-14+. The van der Waals surface area contributed by atoms with Crippen LogP contribution < -0.4 is 11.1 Å². The summed E-state index contributed by atoms with van der Waals surface area (Å²) in [6.07, 6.45) is 2.61. The third-order valence-corrected chi connectivity index (χ3v) is 4.42. The number of carbonyl (C=O) groups excluding carboxylic acids is 1. The van der Waals surface area contributed by atoms with Gasteiger partial charge in [-0.25, -0.2) is 0 Å². The zero-order valence-corrected chi connectivity index (χ0v) is 15.7. The lowest BCUT2D eigenvalue weighted by Gasteiger charge is -2.14. The Hall–Kier alpha value is -2.88. The molecule has 1 atom stereocenters. The van der Waals surface area contributed by atoms with Gasteiger partial charge in [-0.2, -0.15) is 0 Å². The second kappa shape index (κ2) is 9.56. The highest BCUT2D eigenvalue weighted by molar-refractivity contribution is 5.92. The number of nitrogens with zero attached hydrogens (tertiary/aromatic N) is 1. The maximum Gasteiger partial charge on any atom is 0.245 e. The number of nitrogens with one attached hydrogen (secondary N) is 1. The minimum Gasteiger partial charge on any atom is -0.366 e. The molecule has 26 heavy (non-hydrogen) atoms. The van der Waals surface area contributed by atoms with Crippen molar-refractivity contribution in [3.63, 3.8) is 0 Å². The van der Waals surface area contributed by atoms with Gasteiger partial charge < -0.3 is 11.1 Å². The molecule has 0 spiro atoms. The highest BCUT2D eigenvalue weighted by Gasteiger charge is 2.09. The number of aliphatic imine (C=N–C) groups is 1. The third kappa shape index (κ3) is 5.59. The van der Waals surface area contributed by atoms with E-state index in [0.29, 0.717) is 18.0 Å². The molecule has 2 aromatic rings. The van der Waals surface area contributed by atoms with Crippen molar-refractivity contribution in [3.05, 3.63) is 71.9 Å². The van der Waals surface area contributed by atoms with E-state index in [-0.39, 0.29) is 0 Å². The molecular weight excluding hydrogens is 322 g/mol. The van der Waals surface area contributed by atoms with Crippen LogP contribution >= 0.6 is 0 Å². The molecule has 136 valence electrons. The van der Waals surface area contributed by atoms with Crippen LogP contribution in [0.4, 0.5) is 0 Å². The Kier molecular flexibility index (Phi) is 7.15. The quantitative estimate of drug-likeness (QED) is 0.446. The van der Waals surface area contributed by atoms with Gasteiger partial charge in [-0.15, -0.1) is 0 Å². The Labute approximate surface area is 155 Å². The molecule has 0 fully saturated rings. The van der Waals surface area contributed by atoms with Gasteiger partial charge >= 0.3 is 0 Å². The van der Waals surface area contributed by atoms with Crippen LogP contribution in [-0.4, -0.2) is 18.3 Å². The molecule has 0 radical (unpaired) electrons. The van der Waals surface area contributed by atoms with E-state index in [2.05, 4.69) is 65.8 Å². The molecule has 1 unspecified atom stereocenters. The zero-order chi connectivity index (χ0) is 18.9. The zero-order valence-electron chi connectivity index (χ0n) is 15.7. The number of rotatable bonds is 7. The summed E-state index contributed by atoms with van der Waals surface area (Å²) < 4.78 is 0. The van der Waals surface area contributed by atoms with E-state index >= 15 is 0 Å². The number of nitrogens with two attached hydrogens (primary N) is 1. The molecule has 3 N–H and O–H groups in total. The summed E-state index contributed by atoms with van der Waals surface area (Å²) in [6, 6.07) is 19.1. The number of primary amides is 1. The summed E-state index contributed by atoms with van der Waals surface area (Å²) in [7, 11) is 0. The van der Waals surface area contributed by atoms with Crippen LogP contribution in [0.15, 0.2) is 71.4 Å². The maximum absolute atomic E-state index is 11.0. The summed E-state index contributed by atoms with van der Waals surface area (Å²) in [5.41, 5.74) is 9.41. The number of hydrogen-bond donors (Lipinski definition) is 2. The highest BCUT2D eigenvalue weighted by atomic mass is 16.1. The van der Waals surface area contributed by atoms with Gasteiger partial charge in [0.25, 0.3) is 0 Å². The molecule has 0 aliphatic rings. The van der Waals surface area contributed by atoms with Crippen molar-refractivity contribution in [2.45, 2.75) is 33.1 Å². The highest BCUT2D eigenvalue weighted by Crippen LogP contribution is 2.24. The van der Waals surface area contributed by atoms with Crippen molar-refractivity contribution in [3.8, 4) is 11.1 Å². The summed E-state index contributed by atoms with van der Waals surface area (Å²) in [5, 5.41) is 3.01. The third-order valence-electron chi connectivity index (χ3n) is 4.42. The predicted octanol–water partition coefficient (Wildman–Crippen LogP) is 4.24. The molecule has 0 bridgehead atoms. The van der Waals surface area contributed by atoms with Crippen LogP contribution in [0.1, 0.15) is 38.7 Å². The lowest BCUT2D eigenvalue weighted by Crippen LogP contribution is -2.19. The van der Waals surface area contributed by atoms with Gasteiger partial charge in [0.1, 0.15) is 0 Å². The molecule has 0 aromatic heterocycles. The summed E-state index contributed by atoms with van der Waals surface area (Å²) in [4.78, 5) is 15.6. The molecule has 2 rings (SSSR count). The fourth-order valence-corrected chi connectivity index (χ4v) is 2.63. The number of benzene rings is 2. The first-order chi connectivity index (χ1) is 12.5. The predicted molar refractivity (Wildman–Crippen MR) is 109 cm³/mol. The molecule has 0 aliphatic heterocycles. The Bertz CT molecular complexity index is 777. The van der Waals surface area contributed by atoms with Crippen molar-refractivity contribution in [2.24, 2.45) is 10.7 Å². The fourth-order valence-electron chi connectivity index (χ4n) is 2.63. The van der Waals surface area contributed by atoms with Gasteiger partial charge in [-0.3, -0.25) is 9.79 Å². The molecule has 4 heteroatoms. The van der Waals surface area contributed by atoms with E-state index in [1.807, 2.05) is 13.0 Å². The lowest BCUT2D eigenvalue weighted by atomic mass is 9.94. The number of amides is 1. The van der Waals surface area contributed by atoms with E-state index < -0.39 is 5.91 Å². The number of carbonyl (C=O) groups is 1.